The van der Waals surface area contributed by atoms with Crippen molar-refractivity contribution in [2.75, 3.05) is 13.7 Å². The summed E-state index contributed by atoms with van der Waals surface area (Å²) in [5.74, 6) is 1.56. The summed E-state index contributed by atoms with van der Waals surface area (Å²) in [7, 11) is 3.63. The Balaban J connectivity index is 1.54. The van der Waals surface area contributed by atoms with Gasteiger partial charge in [-0.25, -0.2) is 0 Å². The number of aromatic nitrogens is 3. The van der Waals surface area contributed by atoms with Crippen molar-refractivity contribution in [1.82, 2.24) is 19.7 Å². The van der Waals surface area contributed by atoms with Gasteiger partial charge in [-0.15, -0.1) is 10.2 Å². The third kappa shape index (κ3) is 2.57. The van der Waals surface area contributed by atoms with Crippen LogP contribution in [0.25, 0.3) is 0 Å². The Morgan fingerprint density at radius 1 is 1.43 bits per heavy atom. The number of likely N-dealkylation sites (tertiary alicyclic amines) is 1. The van der Waals surface area contributed by atoms with E-state index in [9.17, 15) is 4.79 Å². The van der Waals surface area contributed by atoms with Crippen LogP contribution in [0.2, 0.25) is 0 Å². The summed E-state index contributed by atoms with van der Waals surface area (Å²) in [6, 6.07) is 2.09. The standard InChI is InChI=1S/C16H20N4O2S/c1-19-9-17-18-15(19)14-5-11(22-2)7-20(14)16(21)13-6-12(13)10-3-4-23-8-10/h3-4,8-9,11-14H,5-7H2,1-2H3/t11-,12+,13-,14+/m1/s1. The highest BCUT2D eigenvalue weighted by atomic mass is 32.1. The molecule has 1 saturated heterocycles. The summed E-state index contributed by atoms with van der Waals surface area (Å²) < 4.78 is 7.40. The van der Waals surface area contributed by atoms with Crippen LogP contribution in [0.4, 0.5) is 0 Å². The largest absolute Gasteiger partial charge is 0.380 e. The van der Waals surface area contributed by atoms with E-state index in [0.717, 1.165) is 18.7 Å². The molecule has 23 heavy (non-hydrogen) atoms. The van der Waals surface area contributed by atoms with Gasteiger partial charge in [-0.1, -0.05) is 0 Å². The molecule has 2 aromatic heterocycles. The van der Waals surface area contributed by atoms with E-state index in [-0.39, 0.29) is 24.0 Å². The Labute approximate surface area is 139 Å². The molecule has 0 unspecified atom stereocenters. The molecule has 2 aromatic rings. The number of hydrogen-bond donors (Lipinski definition) is 0. The van der Waals surface area contributed by atoms with Crippen LogP contribution in [-0.4, -0.2) is 45.3 Å². The second-order valence-electron chi connectivity index (χ2n) is 6.41. The number of aryl methyl sites for hydroxylation is 1. The molecule has 7 heteroatoms. The van der Waals surface area contributed by atoms with Crippen molar-refractivity contribution in [1.29, 1.82) is 0 Å². The molecule has 0 radical (unpaired) electrons. The fourth-order valence-electron chi connectivity index (χ4n) is 3.59. The monoisotopic (exact) mass is 332 g/mol. The van der Waals surface area contributed by atoms with E-state index in [1.54, 1.807) is 24.8 Å². The third-order valence-electron chi connectivity index (χ3n) is 5.00. The molecule has 1 aliphatic carbocycles. The minimum Gasteiger partial charge on any atom is -0.380 e. The number of rotatable bonds is 4. The number of carbonyl (C=O) groups is 1. The van der Waals surface area contributed by atoms with Crippen molar-refractivity contribution in [3.05, 3.63) is 34.5 Å². The summed E-state index contributed by atoms with van der Waals surface area (Å²) in [6.07, 6.45) is 3.49. The van der Waals surface area contributed by atoms with E-state index in [0.29, 0.717) is 12.5 Å². The minimum atomic E-state index is -0.0383. The molecule has 2 fully saturated rings. The van der Waals surface area contributed by atoms with Gasteiger partial charge in [0, 0.05) is 33.0 Å². The van der Waals surface area contributed by atoms with Gasteiger partial charge in [0.1, 0.15) is 6.33 Å². The molecule has 2 aliphatic rings. The summed E-state index contributed by atoms with van der Waals surface area (Å²) in [4.78, 5) is 15.0. The van der Waals surface area contributed by atoms with Crippen LogP contribution in [0.5, 0.6) is 0 Å². The predicted octanol–water partition coefficient (Wildman–Crippen LogP) is 1.97. The predicted molar refractivity (Wildman–Crippen MR) is 86.0 cm³/mol. The normalized spacial score (nSPS) is 29.9. The van der Waals surface area contributed by atoms with E-state index in [1.165, 1.54) is 5.56 Å². The van der Waals surface area contributed by atoms with Gasteiger partial charge in [0.15, 0.2) is 5.82 Å². The van der Waals surface area contributed by atoms with Gasteiger partial charge in [0.25, 0.3) is 0 Å². The van der Waals surface area contributed by atoms with E-state index in [4.69, 9.17) is 4.74 Å². The zero-order valence-corrected chi connectivity index (χ0v) is 14.1. The number of methoxy groups -OCH3 is 1. The number of amides is 1. The highest BCUT2D eigenvalue weighted by Crippen LogP contribution is 2.50. The maximum Gasteiger partial charge on any atom is 0.227 e. The van der Waals surface area contributed by atoms with E-state index in [1.807, 2.05) is 16.5 Å². The maximum absolute atomic E-state index is 13.0. The molecule has 1 aliphatic heterocycles. The van der Waals surface area contributed by atoms with Gasteiger partial charge in [-0.3, -0.25) is 4.79 Å². The lowest BCUT2D eigenvalue weighted by Gasteiger charge is -2.23. The summed E-state index contributed by atoms with van der Waals surface area (Å²) in [5.41, 5.74) is 1.30. The van der Waals surface area contributed by atoms with Gasteiger partial charge in [-0.2, -0.15) is 11.3 Å². The number of thiophene rings is 1. The van der Waals surface area contributed by atoms with Crippen LogP contribution in [-0.2, 0) is 16.6 Å². The molecule has 3 heterocycles. The van der Waals surface area contributed by atoms with E-state index in [2.05, 4.69) is 27.0 Å². The number of hydrogen-bond acceptors (Lipinski definition) is 5. The number of carbonyl (C=O) groups excluding carboxylic acids is 1. The van der Waals surface area contributed by atoms with Gasteiger partial charge >= 0.3 is 0 Å². The smallest absolute Gasteiger partial charge is 0.227 e. The lowest BCUT2D eigenvalue weighted by atomic mass is 10.1. The van der Waals surface area contributed by atoms with Crippen molar-refractivity contribution in [2.24, 2.45) is 13.0 Å². The minimum absolute atomic E-state index is 0.0383. The Morgan fingerprint density at radius 3 is 2.96 bits per heavy atom. The molecule has 4 rings (SSSR count). The van der Waals surface area contributed by atoms with Gasteiger partial charge < -0.3 is 14.2 Å². The lowest BCUT2D eigenvalue weighted by Crippen LogP contribution is -2.34. The van der Waals surface area contributed by atoms with Crippen molar-refractivity contribution < 1.29 is 9.53 Å². The van der Waals surface area contributed by atoms with Crippen LogP contribution < -0.4 is 0 Å². The number of nitrogens with zero attached hydrogens (tertiary/aromatic N) is 4. The van der Waals surface area contributed by atoms with Crippen molar-refractivity contribution >= 4 is 17.2 Å². The molecule has 0 bridgehead atoms. The van der Waals surface area contributed by atoms with Crippen LogP contribution in [0, 0.1) is 5.92 Å². The summed E-state index contributed by atoms with van der Waals surface area (Å²) in [6.45, 7) is 0.639. The van der Waals surface area contributed by atoms with Gasteiger partial charge in [0.05, 0.1) is 12.1 Å². The Hall–Kier alpha value is -1.73. The Bertz CT molecular complexity index is 699. The van der Waals surface area contributed by atoms with Gasteiger partial charge in [0.2, 0.25) is 5.91 Å². The molecular weight excluding hydrogens is 312 g/mol. The molecule has 122 valence electrons. The second kappa shape index (κ2) is 5.72. The molecule has 0 N–H and O–H groups in total. The lowest BCUT2D eigenvalue weighted by molar-refractivity contribution is -0.134. The topological polar surface area (TPSA) is 60.3 Å². The molecule has 1 saturated carbocycles. The highest BCUT2D eigenvalue weighted by Gasteiger charge is 2.49. The first-order valence-corrected chi connectivity index (χ1v) is 8.82. The van der Waals surface area contributed by atoms with E-state index < -0.39 is 0 Å². The first-order chi connectivity index (χ1) is 11.2. The zero-order valence-electron chi connectivity index (χ0n) is 13.3. The molecule has 6 nitrogen and oxygen atoms in total. The van der Waals surface area contributed by atoms with Crippen LogP contribution in [0.15, 0.2) is 23.2 Å². The van der Waals surface area contributed by atoms with Gasteiger partial charge in [-0.05, 0) is 34.7 Å². The maximum atomic E-state index is 13.0. The SMILES string of the molecule is CO[C@@H]1C[C@@H](c2nncn2C)N(C(=O)[C@@H]2C[C@H]2c2ccsc2)C1. The Morgan fingerprint density at radius 2 is 2.30 bits per heavy atom. The van der Waals surface area contributed by atoms with Crippen molar-refractivity contribution in [3.8, 4) is 0 Å². The zero-order chi connectivity index (χ0) is 16.0. The fraction of sp³-hybridized carbons (Fsp3) is 0.562. The van der Waals surface area contributed by atoms with Crippen LogP contribution >= 0.6 is 11.3 Å². The van der Waals surface area contributed by atoms with Crippen LogP contribution in [0.3, 0.4) is 0 Å². The highest BCUT2D eigenvalue weighted by molar-refractivity contribution is 7.08. The van der Waals surface area contributed by atoms with Crippen LogP contribution in [0.1, 0.15) is 36.2 Å². The number of ether oxygens (including phenoxy) is 1. The molecule has 4 atom stereocenters. The third-order valence-corrected chi connectivity index (χ3v) is 5.70. The first-order valence-electron chi connectivity index (χ1n) is 7.88. The molecule has 0 aromatic carbocycles. The van der Waals surface area contributed by atoms with Crippen molar-refractivity contribution in [2.45, 2.75) is 30.9 Å². The fourth-order valence-corrected chi connectivity index (χ4v) is 4.31. The molecular formula is C16H20N4O2S. The average Bonchev–Trinajstić information content (AvgIpc) is 2.97. The Kier molecular flexibility index (Phi) is 3.69. The molecule has 0 spiro atoms. The quantitative estimate of drug-likeness (QED) is 0.859. The summed E-state index contributed by atoms with van der Waals surface area (Å²) in [5, 5.41) is 12.4. The first kappa shape index (κ1) is 14.8. The van der Waals surface area contributed by atoms with Crippen molar-refractivity contribution in [3.63, 3.8) is 0 Å². The second-order valence-corrected chi connectivity index (χ2v) is 7.19. The van der Waals surface area contributed by atoms with E-state index >= 15 is 0 Å². The summed E-state index contributed by atoms with van der Waals surface area (Å²) >= 11 is 1.69. The molecule has 1 amide bonds. The average molecular weight is 332 g/mol.